The molecular formula is C15H28N4. The first-order valence-electron chi connectivity index (χ1n) is 7.71. The summed E-state index contributed by atoms with van der Waals surface area (Å²) in [7, 11) is 0. The summed E-state index contributed by atoms with van der Waals surface area (Å²) in [6.07, 6.45) is 7.40. The highest BCUT2D eigenvalue weighted by molar-refractivity contribution is 5.30. The first kappa shape index (κ1) is 14.4. The molecule has 0 radical (unpaired) electrons. The van der Waals surface area contributed by atoms with Crippen LogP contribution in [0.25, 0.3) is 0 Å². The van der Waals surface area contributed by atoms with Gasteiger partial charge in [0, 0.05) is 25.3 Å². The molecule has 1 fully saturated rings. The van der Waals surface area contributed by atoms with E-state index < -0.39 is 0 Å². The maximum atomic E-state index is 4.60. The van der Waals surface area contributed by atoms with Gasteiger partial charge in [-0.15, -0.1) is 0 Å². The van der Waals surface area contributed by atoms with E-state index in [4.69, 9.17) is 0 Å². The number of aryl methyl sites for hydroxylation is 2. The van der Waals surface area contributed by atoms with Gasteiger partial charge in [-0.1, -0.05) is 13.3 Å². The number of piperidine rings is 1. The summed E-state index contributed by atoms with van der Waals surface area (Å²) in [5, 5.41) is 3.57. The van der Waals surface area contributed by atoms with Crippen molar-refractivity contribution in [3.8, 4) is 0 Å². The second kappa shape index (κ2) is 6.94. The number of likely N-dealkylation sites (tertiary alicyclic amines) is 1. The molecule has 108 valence electrons. The molecule has 2 rings (SSSR count). The van der Waals surface area contributed by atoms with Crippen LogP contribution >= 0.6 is 0 Å². The van der Waals surface area contributed by atoms with Crippen LogP contribution in [0.15, 0.2) is 6.20 Å². The quantitative estimate of drug-likeness (QED) is 0.857. The number of hydrogen-bond acceptors (Lipinski definition) is 3. The van der Waals surface area contributed by atoms with Gasteiger partial charge in [0.2, 0.25) is 5.95 Å². The largest absolute Gasteiger partial charge is 0.352 e. The normalized spacial score (nSPS) is 18.5. The first-order chi connectivity index (χ1) is 9.19. The number of nitrogens with one attached hydrogen (secondary N) is 1. The fourth-order valence-electron chi connectivity index (χ4n) is 2.87. The Kier molecular flexibility index (Phi) is 5.25. The van der Waals surface area contributed by atoms with Crippen LogP contribution in [0.4, 0.5) is 5.95 Å². The molecule has 1 unspecified atom stereocenters. The highest BCUT2D eigenvalue weighted by Gasteiger charge is 2.15. The number of hydrogen-bond donors (Lipinski definition) is 1. The monoisotopic (exact) mass is 264 g/mol. The number of anilines is 1. The van der Waals surface area contributed by atoms with E-state index in [1.54, 1.807) is 0 Å². The fraction of sp³-hybridized carbons (Fsp3) is 0.800. The van der Waals surface area contributed by atoms with E-state index >= 15 is 0 Å². The second-order valence-electron chi connectivity index (χ2n) is 5.81. The highest BCUT2D eigenvalue weighted by atomic mass is 15.2. The van der Waals surface area contributed by atoms with Crippen LogP contribution in [0.5, 0.6) is 0 Å². The van der Waals surface area contributed by atoms with E-state index in [0.717, 1.165) is 31.2 Å². The third-order valence-electron chi connectivity index (χ3n) is 3.72. The van der Waals surface area contributed by atoms with Crippen LogP contribution in [-0.4, -0.2) is 40.1 Å². The summed E-state index contributed by atoms with van der Waals surface area (Å²) in [4.78, 5) is 7.17. The zero-order valence-electron chi connectivity index (χ0n) is 12.7. The Bertz CT molecular complexity index is 379. The lowest BCUT2D eigenvalue weighted by Crippen LogP contribution is -2.38. The molecule has 0 spiro atoms. The van der Waals surface area contributed by atoms with Crippen LogP contribution in [-0.2, 0) is 6.54 Å². The van der Waals surface area contributed by atoms with Gasteiger partial charge in [-0.2, -0.15) is 0 Å². The van der Waals surface area contributed by atoms with E-state index in [0.29, 0.717) is 6.04 Å². The molecule has 1 aromatic heterocycles. The van der Waals surface area contributed by atoms with Gasteiger partial charge < -0.3 is 14.8 Å². The van der Waals surface area contributed by atoms with Crippen LogP contribution in [0.1, 0.15) is 45.2 Å². The van der Waals surface area contributed by atoms with Crippen molar-refractivity contribution in [2.75, 3.05) is 25.0 Å². The molecule has 0 aliphatic carbocycles. The Morgan fingerprint density at radius 2 is 2.05 bits per heavy atom. The van der Waals surface area contributed by atoms with E-state index in [-0.39, 0.29) is 0 Å². The number of rotatable bonds is 6. The molecule has 19 heavy (non-hydrogen) atoms. The maximum absolute atomic E-state index is 4.60. The maximum Gasteiger partial charge on any atom is 0.203 e. The predicted octanol–water partition coefficient (Wildman–Crippen LogP) is 2.89. The second-order valence-corrected chi connectivity index (χ2v) is 5.81. The molecule has 4 nitrogen and oxygen atoms in total. The molecule has 2 heterocycles. The van der Waals surface area contributed by atoms with Crippen molar-refractivity contribution >= 4 is 5.95 Å². The van der Waals surface area contributed by atoms with Gasteiger partial charge in [-0.05, 0) is 46.2 Å². The molecule has 1 N–H and O–H groups in total. The molecule has 0 saturated carbocycles. The SMILES string of the molecule is CCCn1cc(C)nc1NC(C)CN1CCCCC1. The van der Waals surface area contributed by atoms with Crippen LogP contribution < -0.4 is 5.32 Å². The van der Waals surface area contributed by atoms with Gasteiger partial charge in [0.25, 0.3) is 0 Å². The van der Waals surface area contributed by atoms with Crippen molar-refractivity contribution < 1.29 is 0 Å². The molecule has 4 heteroatoms. The Morgan fingerprint density at radius 3 is 2.74 bits per heavy atom. The van der Waals surface area contributed by atoms with Crippen LogP contribution in [0.3, 0.4) is 0 Å². The van der Waals surface area contributed by atoms with Gasteiger partial charge in [-0.25, -0.2) is 4.98 Å². The topological polar surface area (TPSA) is 33.1 Å². The standard InChI is InChI=1S/C15H28N4/c1-4-8-19-12-14(3)17-15(19)16-13(2)11-18-9-6-5-7-10-18/h12-13H,4-11H2,1-3H3,(H,16,17). The van der Waals surface area contributed by atoms with Gasteiger partial charge in [0.05, 0.1) is 5.69 Å². The van der Waals surface area contributed by atoms with Crippen molar-refractivity contribution in [3.63, 3.8) is 0 Å². The third kappa shape index (κ3) is 4.23. The van der Waals surface area contributed by atoms with Crippen molar-refractivity contribution in [2.45, 2.75) is 59.0 Å². The summed E-state index contributed by atoms with van der Waals surface area (Å²) in [5.41, 5.74) is 1.10. The molecule has 0 bridgehead atoms. The Morgan fingerprint density at radius 1 is 1.32 bits per heavy atom. The van der Waals surface area contributed by atoms with E-state index in [1.807, 2.05) is 0 Å². The lowest BCUT2D eigenvalue weighted by molar-refractivity contribution is 0.223. The molecule has 0 amide bonds. The molecule has 1 saturated heterocycles. The average molecular weight is 264 g/mol. The minimum Gasteiger partial charge on any atom is -0.352 e. The van der Waals surface area contributed by atoms with Crippen molar-refractivity contribution in [3.05, 3.63) is 11.9 Å². The molecule has 0 aromatic carbocycles. The van der Waals surface area contributed by atoms with Crippen molar-refractivity contribution in [2.24, 2.45) is 0 Å². The predicted molar refractivity (Wildman–Crippen MR) is 80.6 cm³/mol. The summed E-state index contributed by atoms with van der Waals surface area (Å²) in [5.74, 6) is 1.03. The zero-order chi connectivity index (χ0) is 13.7. The summed E-state index contributed by atoms with van der Waals surface area (Å²) in [6, 6.07) is 0.454. The minimum atomic E-state index is 0.454. The molecule has 1 aliphatic rings. The summed E-state index contributed by atoms with van der Waals surface area (Å²) >= 11 is 0. The Balaban J connectivity index is 1.88. The summed E-state index contributed by atoms with van der Waals surface area (Å²) < 4.78 is 2.24. The zero-order valence-corrected chi connectivity index (χ0v) is 12.7. The Labute approximate surface area is 117 Å². The molecule has 1 aliphatic heterocycles. The van der Waals surface area contributed by atoms with E-state index in [2.05, 4.69) is 46.7 Å². The van der Waals surface area contributed by atoms with Crippen LogP contribution in [0, 0.1) is 6.92 Å². The smallest absolute Gasteiger partial charge is 0.203 e. The fourth-order valence-corrected chi connectivity index (χ4v) is 2.87. The lowest BCUT2D eigenvalue weighted by Gasteiger charge is -2.29. The van der Waals surface area contributed by atoms with Gasteiger partial charge >= 0.3 is 0 Å². The molecule has 1 atom stereocenters. The van der Waals surface area contributed by atoms with Gasteiger partial charge in [-0.3, -0.25) is 0 Å². The van der Waals surface area contributed by atoms with Gasteiger partial charge in [0.15, 0.2) is 0 Å². The highest BCUT2D eigenvalue weighted by Crippen LogP contribution is 2.13. The minimum absolute atomic E-state index is 0.454. The number of nitrogens with zero attached hydrogens (tertiary/aromatic N) is 3. The molecule has 1 aromatic rings. The van der Waals surface area contributed by atoms with Crippen molar-refractivity contribution in [1.82, 2.24) is 14.5 Å². The van der Waals surface area contributed by atoms with Gasteiger partial charge in [0.1, 0.15) is 0 Å². The third-order valence-corrected chi connectivity index (χ3v) is 3.72. The van der Waals surface area contributed by atoms with Crippen LogP contribution in [0.2, 0.25) is 0 Å². The molecular weight excluding hydrogens is 236 g/mol. The lowest BCUT2D eigenvalue weighted by atomic mass is 10.1. The van der Waals surface area contributed by atoms with E-state index in [1.165, 1.54) is 32.4 Å². The summed E-state index contributed by atoms with van der Waals surface area (Å²) in [6.45, 7) is 11.2. The number of aromatic nitrogens is 2. The van der Waals surface area contributed by atoms with E-state index in [9.17, 15) is 0 Å². The Hall–Kier alpha value is -1.03. The average Bonchev–Trinajstić information content (AvgIpc) is 2.71. The van der Waals surface area contributed by atoms with Crippen molar-refractivity contribution in [1.29, 1.82) is 0 Å². The number of imidazole rings is 1. The first-order valence-corrected chi connectivity index (χ1v) is 7.71.